The molecule has 0 radical (unpaired) electrons. The summed E-state index contributed by atoms with van der Waals surface area (Å²) in [5, 5.41) is 1.11. The molecule has 0 bridgehead atoms. The smallest absolute Gasteiger partial charge is 0.185 e. The van der Waals surface area contributed by atoms with E-state index in [0.29, 0.717) is 18.5 Å². The number of rotatable bonds is 5. The predicted octanol–water partition coefficient (Wildman–Crippen LogP) is 2.73. The van der Waals surface area contributed by atoms with Crippen molar-refractivity contribution in [2.75, 3.05) is 25.2 Å². The molecule has 2 heterocycles. The second-order valence-corrected chi connectivity index (χ2v) is 6.33. The number of hydrogen-bond donors (Lipinski definition) is 1. The van der Waals surface area contributed by atoms with E-state index in [4.69, 9.17) is 15.5 Å². The second kappa shape index (κ2) is 6.68. The van der Waals surface area contributed by atoms with Crippen LogP contribution in [-0.4, -0.2) is 31.3 Å². The first-order valence-corrected chi connectivity index (χ1v) is 7.99. The average Bonchev–Trinajstić information content (AvgIpc) is 2.90. The molecule has 0 spiro atoms. The minimum absolute atomic E-state index is 0.492. The van der Waals surface area contributed by atoms with Crippen LogP contribution in [-0.2, 0) is 11.3 Å². The maximum atomic E-state index is 5.87. The van der Waals surface area contributed by atoms with E-state index in [1.807, 2.05) is 0 Å². The van der Waals surface area contributed by atoms with Crippen molar-refractivity contribution in [1.29, 1.82) is 0 Å². The second-order valence-electron chi connectivity index (χ2n) is 5.27. The number of aromatic nitrogens is 1. The minimum Gasteiger partial charge on any atom is -0.381 e. The molecule has 108 valence electrons. The van der Waals surface area contributed by atoms with Crippen LogP contribution >= 0.6 is 11.3 Å². The topological polar surface area (TPSA) is 51.4 Å². The van der Waals surface area contributed by atoms with Crippen molar-refractivity contribution in [2.45, 2.75) is 51.6 Å². The van der Waals surface area contributed by atoms with Crippen LogP contribution < -0.4 is 10.6 Å². The van der Waals surface area contributed by atoms with Crippen molar-refractivity contribution >= 4 is 16.5 Å². The number of thiazole rings is 1. The summed E-state index contributed by atoms with van der Waals surface area (Å²) in [7, 11) is 2.15. The zero-order valence-corrected chi connectivity index (χ0v) is 13.0. The van der Waals surface area contributed by atoms with Crippen LogP contribution in [0.1, 0.15) is 49.6 Å². The van der Waals surface area contributed by atoms with Gasteiger partial charge in [0.25, 0.3) is 0 Å². The van der Waals surface area contributed by atoms with Gasteiger partial charge in [0, 0.05) is 37.7 Å². The highest BCUT2D eigenvalue weighted by molar-refractivity contribution is 7.15. The van der Waals surface area contributed by atoms with E-state index < -0.39 is 0 Å². The molecule has 1 atom stereocenters. The molecule has 1 aliphatic rings. The van der Waals surface area contributed by atoms with Gasteiger partial charge in [0.05, 0.1) is 5.69 Å². The number of hydrogen-bond acceptors (Lipinski definition) is 5. The first-order valence-electron chi connectivity index (χ1n) is 7.17. The summed E-state index contributed by atoms with van der Waals surface area (Å²) >= 11 is 1.75. The zero-order valence-electron chi connectivity index (χ0n) is 12.2. The molecular formula is C14H25N3OS. The largest absolute Gasteiger partial charge is 0.381 e. The first kappa shape index (κ1) is 14.8. The normalized spacial score (nSPS) is 18.5. The van der Waals surface area contributed by atoms with Gasteiger partial charge in [0.2, 0.25) is 0 Å². The Bertz CT molecular complexity index is 401. The maximum absolute atomic E-state index is 5.87. The van der Waals surface area contributed by atoms with Gasteiger partial charge in [-0.2, -0.15) is 0 Å². The summed E-state index contributed by atoms with van der Waals surface area (Å²) in [6.45, 7) is 6.75. The van der Waals surface area contributed by atoms with Gasteiger partial charge < -0.3 is 15.4 Å². The number of ether oxygens (including phenoxy) is 1. The lowest BCUT2D eigenvalue weighted by Gasteiger charge is -2.30. The molecule has 1 unspecified atom stereocenters. The van der Waals surface area contributed by atoms with Gasteiger partial charge in [-0.25, -0.2) is 4.98 Å². The molecule has 4 nitrogen and oxygen atoms in total. The highest BCUT2D eigenvalue weighted by Crippen LogP contribution is 2.33. The molecule has 0 saturated carbocycles. The number of nitrogens with two attached hydrogens (primary N) is 1. The van der Waals surface area contributed by atoms with E-state index >= 15 is 0 Å². The molecule has 2 N–H and O–H groups in total. The Hall–Kier alpha value is -0.650. The molecule has 1 aliphatic heterocycles. The lowest BCUT2D eigenvalue weighted by Crippen LogP contribution is -2.36. The van der Waals surface area contributed by atoms with Gasteiger partial charge in [-0.3, -0.25) is 0 Å². The third kappa shape index (κ3) is 3.27. The fraction of sp³-hybridized carbons (Fsp3) is 0.786. The van der Waals surface area contributed by atoms with Gasteiger partial charge in [-0.05, 0) is 25.2 Å². The van der Waals surface area contributed by atoms with E-state index in [9.17, 15) is 0 Å². The minimum atomic E-state index is 0.492. The van der Waals surface area contributed by atoms with Gasteiger partial charge in [0.15, 0.2) is 5.13 Å². The van der Waals surface area contributed by atoms with Gasteiger partial charge in [-0.15, -0.1) is 11.3 Å². The molecule has 1 aromatic rings. The monoisotopic (exact) mass is 283 g/mol. The molecule has 0 aliphatic carbocycles. The number of anilines is 1. The van der Waals surface area contributed by atoms with Crippen LogP contribution in [0.5, 0.6) is 0 Å². The van der Waals surface area contributed by atoms with Gasteiger partial charge >= 0.3 is 0 Å². The van der Waals surface area contributed by atoms with Crippen LogP contribution in [0.25, 0.3) is 0 Å². The standard InChI is InChI=1S/C14H25N3OS/c1-4-10(2)13-12(9-15)19-14(16-13)17(3)11-5-7-18-8-6-11/h10-11H,4-9,15H2,1-3H3. The zero-order chi connectivity index (χ0) is 13.8. The van der Waals surface area contributed by atoms with Gasteiger partial charge in [-0.1, -0.05) is 13.8 Å². The van der Waals surface area contributed by atoms with Crippen molar-refractivity contribution < 1.29 is 4.74 Å². The van der Waals surface area contributed by atoms with Crippen LogP contribution in [0.2, 0.25) is 0 Å². The Balaban J connectivity index is 2.17. The fourth-order valence-electron chi connectivity index (χ4n) is 2.45. The van der Waals surface area contributed by atoms with Crippen LogP contribution in [0.4, 0.5) is 5.13 Å². The molecule has 19 heavy (non-hydrogen) atoms. The predicted molar refractivity (Wildman–Crippen MR) is 81.0 cm³/mol. The summed E-state index contributed by atoms with van der Waals surface area (Å²) in [4.78, 5) is 8.41. The van der Waals surface area contributed by atoms with Crippen molar-refractivity contribution in [3.05, 3.63) is 10.6 Å². The highest BCUT2D eigenvalue weighted by Gasteiger charge is 2.23. The summed E-state index contributed by atoms with van der Waals surface area (Å²) in [5.41, 5.74) is 7.07. The average molecular weight is 283 g/mol. The summed E-state index contributed by atoms with van der Waals surface area (Å²) < 4.78 is 5.43. The Morgan fingerprint density at radius 3 is 2.74 bits per heavy atom. The van der Waals surface area contributed by atoms with Crippen molar-refractivity contribution in [3.63, 3.8) is 0 Å². The lowest BCUT2D eigenvalue weighted by molar-refractivity contribution is 0.0855. The van der Waals surface area contributed by atoms with Crippen LogP contribution in [0.3, 0.4) is 0 Å². The molecule has 1 saturated heterocycles. The van der Waals surface area contributed by atoms with Crippen molar-refractivity contribution in [1.82, 2.24) is 4.98 Å². The molecule has 0 amide bonds. The molecule has 1 aromatic heterocycles. The maximum Gasteiger partial charge on any atom is 0.185 e. The third-order valence-corrected chi connectivity index (χ3v) is 5.21. The van der Waals surface area contributed by atoms with Gasteiger partial charge in [0.1, 0.15) is 0 Å². The Labute approximate surface area is 120 Å². The molecule has 2 rings (SSSR count). The third-order valence-electron chi connectivity index (χ3n) is 4.02. The molecule has 0 aromatic carbocycles. The van der Waals surface area contributed by atoms with E-state index in [2.05, 4.69) is 25.8 Å². The molecule has 1 fully saturated rings. The van der Waals surface area contributed by atoms with E-state index in [1.54, 1.807) is 11.3 Å². The van der Waals surface area contributed by atoms with Crippen molar-refractivity contribution in [3.8, 4) is 0 Å². The van der Waals surface area contributed by atoms with Crippen molar-refractivity contribution in [2.24, 2.45) is 5.73 Å². The number of nitrogens with zero attached hydrogens (tertiary/aromatic N) is 2. The first-order chi connectivity index (χ1) is 9.17. The lowest BCUT2D eigenvalue weighted by atomic mass is 10.0. The fourth-order valence-corrected chi connectivity index (χ4v) is 3.55. The Morgan fingerprint density at radius 1 is 1.47 bits per heavy atom. The summed E-state index contributed by atoms with van der Waals surface area (Å²) in [5.74, 6) is 0.492. The van der Waals surface area contributed by atoms with E-state index in [0.717, 1.165) is 37.6 Å². The summed E-state index contributed by atoms with van der Waals surface area (Å²) in [6.07, 6.45) is 3.29. The summed E-state index contributed by atoms with van der Waals surface area (Å²) in [6, 6.07) is 0.551. The van der Waals surface area contributed by atoms with E-state index in [1.165, 1.54) is 10.6 Å². The Kier molecular flexibility index (Phi) is 5.19. The Morgan fingerprint density at radius 2 is 2.16 bits per heavy atom. The molecular weight excluding hydrogens is 258 g/mol. The van der Waals surface area contributed by atoms with E-state index in [-0.39, 0.29) is 0 Å². The van der Waals surface area contributed by atoms with Crippen LogP contribution in [0.15, 0.2) is 0 Å². The highest BCUT2D eigenvalue weighted by atomic mass is 32.1. The quantitative estimate of drug-likeness (QED) is 0.902. The SMILES string of the molecule is CCC(C)c1nc(N(C)C2CCOCC2)sc1CN. The van der Waals surface area contributed by atoms with Crippen LogP contribution in [0, 0.1) is 0 Å². The molecule has 5 heteroatoms.